The minimum Gasteiger partial charge on any atom is -0.384 e. The van der Waals surface area contributed by atoms with Gasteiger partial charge in [-0.3, -0.25) is 0 Å². The molecule has 0 radical (unpaired) electrons. The molecular formula is C14H17BrF3N. The van der Waals surface area contributed by atoms with Gasteiger partial charge in [0.25, 0.3) is 0 Å². The molecule has 0 heterocycles. The molecule has 19 heavy (non-hydrogen) atoms. The van der Waals surface area contributed by atoms with Crippen molar-refractivity contribution in [2.75, 3.05) is 11.9 Å². The molecule has 106 valence electrons. The Morgan fingerprint density at radius 1 is 1.32 bits per heavy atom. The Morgan fingerprint density at radius 3 is 2.63 bits per heavy atom. The fourth-order valence-corrected chi connectivity index (χ4v) is 3.04. The Morgan fingerprint density at radius 2 is 2.05 bits per heavy atom. The van der Waals surface area contributed by atoms with E-state index in [-0.39, 0.29) is 5.69 Å². The zero-order chi connectivity index (χ0) is 14.0. The van der Waals surface area contributed by atoms with E-state index in [2.05, 4.69) is 28.2 Å². The Balaban J connectivity index is 2.08. The first kappa shape index (κ1) is 14.7. The van der Waals surface area contributed by atoms with Crippen LogP contribution in [-0.4, -0.2) is 6.54 Å². The second kappa shape index (κ2) is 5.73. The number of rotatable bonds is 3. The normalized spacial score (nSPS) is 23.6. The molecule has 1 saturated carbocycles. The van der Waals surface area contributed by atoms with Gasteiger partial charge in [0.15, 0.2) is 0 Å². The van der Waals surface area contributed by atoms with Crippen LogP contribution in [-0.2, 0) is 6.18 Å². The molecule has 0 amide bonds. The summed E-state index contributed by atoms with van der Waals surface area (Å²) in [6, 6.07) is 4.04. The van der Waals surface area contributed by atoms with Gasteiger partial charge in [-0.25, -0.2) is 0 Å². The van der Waals surface area contributed by atoms with Crippen molar-refractivity contribution in [3.05, 3.63) is 28.2 Å². The summed E-state index contributed by atoms with van der Waals surface area (Å²) in [5.74, 6) is 1.17. The number of alkyl halides is 3. The summed E-state index contributed by atoms with van der Waals surface area (Å²) < 4.78 is 39.3. The fourth-order valence-electron chi connectivity index (χ4n) is 2.67. The van der Waals surface area contributed by atoms with Crippen LogP contribution in [0, 0.1) is 11.8 Å². The first-order valence-electron chi connectivity index (χ1n) is 6.47. The number of benzene rings is 1. The van der Waals surface area contributed by atoms with Crippen molar-refractivity contribution >= 4 is 21.6 Å². The predicted molar refractivity (Wildman–Crippen MR) is 74.1 cm³/mol. The van der Waals surface area contributed by atoms with E-state index in [0.29, 0.717) is 22.9 Å². The molecule has 0 spiro atoms. The minimum absolute atomic E-state index is 0.168. The molecule has 1 N–H and O–H groups in total. The largest absolute Gasteiger partial charge is 0.418 e. The van der Waals surface area contributed by atoms with Crippen molar-refractivity contribution in [2.24, 2.45) is 11.8 Å². The first-order valence-corrected chi connectivity index (χ1v) is 7.26. The lowest BCUT2D eigenvalue weighted by atomic mass is 10.1. The van der Waals surface area contributed by atoms with E-state index in [9.17, 15) is 13.2 Å². The summed E-state index contributed by atoms with van der Waals surface area (Å²) in [5.41, 5.74) is -0.428. The molecule has 2 unspecified atom stereocenters. The summed E-state index contributed by atoms with van der Waals surface area (Å²) in [5, 5.41) is 2.97. The average molecular weight is 336 g/mol. The van der Waals surface area contributed by atoms with Gasteiger partial charge in [-0.05, 0) is 42.9 Å². The lowest BCUT2D eigenvalue weighted by Crippen LogP contribution is -2.15. The number of anilines is 1. The lowest BCUT2D eigenvalue weighted by Gasteiger charge is -2.17. The summed E-state index contributed by atoms with van der Waals surface area (Å²) in [7, 11) is 0. The maximum absolute atomic E-state index is 12.9. The van der Waals surface area contributed by atoms with Crippen molar-refractivity contribution in [2.45, 2.75) is 32.4 Å². The van der Waals surface area contributed by atoms with Crippen molar-refractivity contribution in [3.63, 3.8) is 0 Å². The van der Waals surface area contributed by atoms with Crippen LogP contribution in [0.1, 0.15) is 31.7 Å². The molecule has 5 heteroatoms. The maximum atomic E-state index is 12.9. The van der Waals surface area contributed by atoms with Crippen LogP contribution in [0.4, 0.5) is 18.9 Å². The molecule has 0 aliphatic heterocycles. The smallest absolute Gasteiger partial charge is 0.384 e. The summed E-state index contributed by atoms with van der Waals surface area (Å²) in [4.78, 5) is 0. The molecule has 1 aromatic rings. The van der Waals surface area contributed by atoms with Gasteiger partial charge in [-0.15, -0.1) is 0 Å². The van der Waals surface area contributed by atoms with Gasteiger partial charge in [0.05, 0.1) is 5.56 Å². The van der Waals surface area contributed by atoms with Crippen molar-refractivity contribution in [1.82, 2.24) is 0 Å². The van der Waals surface area contributed by atoms with Gasteiger partial charge in [0.2, 0.25) is 0 Å². The highest BCUT2D eigenvalue weighted by Crippen LogP contribution is 2.37. The van der Waals surface area contributed by atoms with Crippen molar-refractivity contribution < 1.29 is 13.2 Å². The second-order valence-electron chi connectivity index (χ2n) is 5.35. The standard InChI is InChI=1S/C14H17BrF3N/c1-9-2-3-10(6-9)8-19-13-7-11(15)4-5-12(13)14(16,17)18/h4-5,7,9-10,19H,2-3,6,8H2,1H3. The monoisotopic (exact) mass is 335 g/mol. The topological polar surface area (TPSA) is 12.0 Å². The molecule has 1 aromatic carbocycles. The molecule has 2 rings (SSSR count). The Kier molecular flexibility index (Phi) is 4.43. The highest BCUT2D eigenvalue weighted by Gasteiger charge is 2.33. The van der Waals surface area contributed by atoms with Crippen LogP contribution in [0.3, 0.4) is 0 Å². The second-order valence-corrected chi connectivity index (χ2v) is 6.27. The Hall–Kier alpha value is -0.710. The Bertz CT molecular complexity index is 445. The van der Waals surface area contributed by atoms with Crippen LogP contribution < -0.4 is 5.32 Å². The van der Waals surface area contributed by atoms with Crippen molar-refractivity contribution in [1.29, 1.82) is 0 Å². The number of halogens is 4. The number of hydrogen-bond acceptors (Lipinski definition) is 1. The zero-order valence-electron chi connectivity index (χ0n) is 10.7. The summed E-state index contributed by atoms with van der Waals surface area (Å²) >= 11 is 3.22. The van der Waals surface area contributed by atoms with Crippen LogP contribution in [0.5, 0.6) is 0 Å². The molecular weight excluding hydrogens is 319 g/mol. The van der Waals surface area contributed by atoms with Gasteiger partial charge in [0, 0.05) is 16.7 Å². The third-order valence-corrected chi connectivity index (χ3v) is 4.16. The molecule has 1 nitrogen and oxygen atoms in total. The first-order chi connectivity index (χ1) is 8.86. The summed E-state index contributed by atoms with van der Waals surface area (Å²) in [6.45, 7) is 2.81. The molecule has 1 fully saturated rings. The fraction of sp³-hybridized carbons (Fsp3) is 0.571. The van der Waals surface area contributed by atoms with Gasteiger partial charge in [-0.2, -0.15) is 13.2 Å². The third kappa shape index (κ3) is 3.88. The van der Waals surface area contributed by atoms with E-state index in [1.54, 1.807) is 0 Å². The minimum atomic E-state index is -4.31. The quantitative estimate of drug-likeness (QED) is 0.788. The van der Waals surface area contributed by atoms with Gasteiger partial charge in [-0.1, -0.05) is 29.3 Å². The SMILES string of the molecule is CC1CCC(CNc2cc(Br)ccc2C(F)(F)F)C1. The van der Waals surface area contributed by atoms with Gasteiger partial charge < -0.3 is 5.32 Å². The average Bonchev–Trinajstić information content (AvgIpc) is 2.71. The molecule has 0 bridgehead atoms. The van der Waals surface area contributed by atoms with Gasteiger partial charge in [0.1, 0.15) is 0 Å². The molecule has 1 aliphatic rings. The predicted octanol–water partition coefficient (Wildman–Crippen LogP) is 5.32. The third-order valence-electron chi connectivity index (χ3n) is 3.67. The van der Waals surface area contributed by atoms with Crippen LogP contribution >= 0.6 is 15.9 Å². The van der Waals surface area contributed by atoms with Crippen molar-refractivity contribution in [3.8, 4) is 0 Å². The van der Waals surface area contributed by atoms with E-state index >= 15 is 0 Å². The van der Waals surface area contributed by atoms with Gasteiger partial charge >= 0.3 is 6.18 Å². The molecule has 1 aliphatic carbocycles. The van der Waals surface area contributed by atoms with Crippen LogP contribution in [0.15, 0.2) is 22.7 Å². The lowest BCUT2D eigenvalue weighted by molar-refractivity contribution is -0.137. The molecule has 0 aromatic heterocycles. The highest BCUT2D eigenvalue weighted by atomic mass is 79.9. The summed E-state index contributed by atoms with van der Waals surface area (Å²) in [6.07, 6.45) is -0.936. The van der Waals surface area contributed by atoms with Crippen LogP contribution in [0.25, 0.3) is 0 Å². The highest BCUT2D eigenvalue weighted by molar-refractivity contribution is 9.10. The van der Waals surface area contributed by atoms with E-state index in [1.807, 2.05) is 0 Å². The zero-order valence-corrected chi connectivity index (χ0v) is 12.3. The van der Waals surface area contributed by atoms with E-state index in [0.717, 1.165) is 18.9 Å². The Labute approximate surface area is 119 Å². The van der Waals surface area contributed by atoms with E-state index < -0.39 is 11.7 Å². The van der Waals surface area contributed by atoms with Crippen LogP contribution in [0.2, 0.25) is 0 Å². The molecule has 2 atom stereocenters. The number of nitrogens with one attached hydrogen (secondary N) is 1. The van der Waals surface area contributed by atoms with E-state index in [1.165, 1.54) is 18.6 Å². The maximum Gasteiger partial charge on any atom is 0.418 e. The number of hydrogen-bond donors (Lipinski definition) is 1. The molecule has 0 saturated heterocycles. The van der Waals surface area contributed by atoms with E-state index in [4.69, 9.17) is 0 Å².